The molecule has 2 aliphatic heterocycles. The molecule has 0 aliphatic carbocycles. The standard InChI is InChI=1S/C15H23N3OS/c19-15(11-16-5-9-17-6-1-2-7-17)18-8-3-14-13(12-18)4-10-20-14/h4,10,16H,1-3,5-9,11-12H2. The molecular weight excluding hydrogens is 270 g/mol. The predicted molar refractivity (Wildman–Crippen MR) is 82.0 cm³/mol. The van der Waals surface area contributed by atoms with E-state index in [2.05, 4.69) is 21.7 Å². The second-order valence-electron chi connectivity index (χ2n) is 5.66. The van der Waals surface area contributed by atoms with Gasteiger partial charge in [-0.2, -0.15) is 0 Å². The molecule has 1 fully saturated rings. The maximum Gasteiger partial charge on any atom is 0.236 e. The second-order valence-corrected chi connectivity index (χ2v) is 6.66. The van der Waals surface area contributed by atoms with E-state index in [1.165, 1.54) is 36.4 Å². The summed E-state index contributed by atoms with van der Waals surface area (Å²) in [5.74, 6) is 0.239. The molecule has 0 spiro atoms. The molecule has 1 aromatic heterocycles. The Labute approximate surface area is 124 Å². The third-order valence-electron chi connectivity index (χ3n) is 4.24. The number of hydrogen-bond acceptors (Lipinski definition) is 4. The molecule has 3 heterocycles. The van der Waals surface area contributed by atoms with Crippen LogP contribution in [0.3, 0.4) is 0 Å². The molecule has 1 aromatic rings. The summed E-state index contributed by atoms with van der Waals surface area (Å²) in [5, 5.41) is 5.43. The number of nitrogens with one attached hydrogen (secondary N) is 1. The lowest BCUT2D eigenvalue weighted by Crippen LogP contribution is -2.42. The summed E-state index contributed by atoms with van der Waals surface area (Å²) < 4.78 is 0. The normalized spacial score (nSPS) is 19.3. The van der Waals surface area contributed by atoms with Gasteiger partial charge in [0, 0.05) is 31.1 Å². The van der Waals surface area contributed by atoms with Crippen LogP contribution in [0.2, 0.25) is 0 Å². The lowest BCUT2D eigenvalue weighted by molar-refractivity contribution is -0.131. The Morgan fingerprint density at radius 1 is 1.30 bits per heavy atom. The van der Waals surface area contributed by atoms with Gasteiger partial charge in [0.2, 0.25) is 5.91 Å². The predicted octanol–water partition coefficient (Wildman–Crippen LogP) is 1.32. The van der Waals surface area contributed by atoms with Gasteiger partial charge in [0.1, 0.15) is 0 Å². The number of thiophene rings is 1. The summed E-state index contributed by atoms with van der Waals surface area (Å²) in [6, 6.07) is 2.15. The fourth-order valence-electron chi connectivity index (χ4n) is 3.01. The van der Waals surface area contributed by atoms with Crippen molar-refractivity contribution >= 4 is 17.2 Å². The maximum atomic E-state index is 12.2. The Morgan fingerprint density at radius 2 is 2.15 bits per heavy atom. The second kappa shape index (κ2) is 6.70. The Kier molecular flexibility index (Phi) is 4.70. The van der Waals surface area contributed by atoms with Crippen LogP contribution in [0.1, 0.15) is 23.3 Å². The van der Waals surface area contributed by atoms with Crippen LogP contribution >= 0.6 is 11.3 Å². The molecule has 0 aromatic carbocycles. The monoisotopic (exact) mass is 293 g/mol. The van der Waals surface area contributed by atoms with Gasteiger partial charge in [0.25, 0.3) is 0 Å². The Hall–Kier alpha value is -0.910. The molecule has 4 nitrogen and oxygen atoms in total. The zero-order valence-electron chi connectivity index (χ0n) is 11.9. The van der Waals surface area contributed by atoms with Gasteiger partial charge in [0.05, 0.1) is 6.54 Å². The third-order valence-corrected chi connectivity index (χ3v) is 5.26. The van der Waals surface area contributed by atoms with E-state index in [9.17, 15) is 4.79 Å². The van der Waals surface area contributed by atoms with Crippen molar-refractivity contribution in [3.63, 3.8) is 0 Å². The highest BCUT2D eigenvalue weighted by Crippen LogP contribution is 2.23. The highest BCUT2D eigenvalue weighted by atomic mass is 32.1. The van der Waals surface area contributed by atoms with Gasteiger partial charge in [-0.1, -0.05) is 0 Å². The van der Waals surface area contributed by atoms with Gasteiger partial charge in [-0.15, -0.1) is 11.3 Å². The number of nitrogens with zero attached hydrogens (tertiary/aromatic N) is 2. The van der Waals surface area contributed by atoms with Gasteiger partial charge >= 0.3 is 0 Å². The SMILES string of the molecule is O=C(CNCCN1CCCC1)N1CCc2sccc2C1. The molecule has 20 heavy (non-hydrogen) atoms. The van der Waals surface area contributed by atoms with Crippen molar-refractivity contribution in [1.82, 2.24) is 15.1 Å². The smallest absolute Gasteiger partial charge is 0.236 e. The number of likely N-dealkylation sites (tertiary alicyclic amines) is 1. The highest BCUT2D eigenvalue weighted by molar-refractivity contribution is 7.10. The van der Waals surface area contributed by atoms with Crippen molar-refractivity contribution in [1.29, 1.82) is 0 Å². The molecule has 1 amide bonds. The number of fused-ring (bicyclic) bond motifs is 1. The van der Waals surface area contributed by atoms with Gasteiger partial charge in [-0.25, -0.2) is 0 Å². The number of rotatable bonds is 5. The Morgan fingerprint density at radius 3 is 3.00 bits per heavy atom. The maximum absolute atomic E-state index is 12.2. The van der Waals surface area contributed by atoms with Crippen LogP contribution < -0.4 is 5.32 Å². The average molecular weight is 293 g/mol. The number of carbonyl (C=O) groups excluding carboxylic acids is 1. The van der Waals surface area contributed by atoms with E-state index in [1.807, 2.05) is 16.2 Å². The lowest BCUT2D eigenvalue weighted by atomic mass is 10.1. The molecular formula is C15H23N3OS. The first-order valence-corrected chi connectivity index (χ1v) is 8.47. The molecule has 3 rings (SSSR count). The van der Waals surface area contributed by atoms with Crippen LogP contribution in [0.25, 0.3) is 0 Å². The van der Waals surface area contributed by atoms with Crippen molar-refractivity contribution in [2.75, 3.05) is 39.3 Å². The van der Waals surface area contributed by atoms with Crippen molar-refractivity contribution in [2.45, 2.75) is 25.8 Å². The van der Waals surface area contributed by atoms with Crippen LogP contribution in [0.4, 0.5) is 0 Å². The fourth-order valence-corrected chi connectivity index (χ4v) is 3.90. The molecule has 0 radical (unpaired) electrons. The Bertz CT molecular complexity index is 454. The summed E-state index contributed by atoms with van der Waals surface area (Å²) in [7, 11) is 0. The van der Waals surface area contributed by atoms with Crippen LogP contribution in [-0.2, 0) is 17.8 Å². The minimum atomic E-state index is 0.239. The Balaban J connectivity index is 1.37. The van der Waals surface area contributed by atoms with Crippen molar-refractivity contribution < 1.29 is 4.79 Å². The first-order valence-electron chi connectivity index (χ1n) is 7.59. The summed E-state index contributed by atoms with van der Waals surface area (Å²) in [4.78, 5) is 18.1. The number of amides is 1. The zero-order valence-corrected chi connectivity index (χ0v) is 12.8. The first kappa shape index (κ1) is 14.0. The molecule has 0 saturated carbocycles. The fraction of sp³-hybridized carbons (Fsp3) is 0.667. The molecule has 0 unspecified atom stereocenters. The van der Waals surface area contributed by atoms with Crippen LogP contribution in [0.15, 0.2) is 11.4 Å². The van der Waals surface area contributed by atoms with Crippen molar-refractivity contribution in [3.8, 4) is 0 Å². The molecule has 5 heteroatoms. The summed E-state index contributed by atoms with van der Waals surface area (Å²) in [6.45, 7) is 6.59. The number of hydrogen-bond donors (Lipinski definition) is 1. The van der Waals surface area contributed by atoms with Gasteiger partial charge in [0.15, 0.2) is 0 Å². The molecule has 0 bridgehead atoms. The first-order chi connectivity index (χ1) is 9.83. The number of carbonyl (C=O) groups is 1. The van der Waals surface area contributed by atoms with Crippen LogP contribution in [0.5, 0.6) is 0 Å². The van der Waals surface area contributed by atoms with E-state index in [1.54, 1.807) is 0 Å². The zero-order chi connectivity index (χ0) is 13.8. The minimum Gasteiger partial charge on any atom is -0.337 e. The largest absolute Gasteiger partial charge is 0.337 e. The topological polar surface area (TPSA) is 35.6 Å². The molecule has 2 aliphatic rings. The molecule has 1 saturated heterocycles. The van der Waals surface area contributed by atoms with Crippen molar-refractivity contribution in [3.05, 3.63) is 21.9 Å². The molecule has 1 N–H and O–H groups in total. The minimum absolute atomic E-state index is 0.239. The molecule has 0 atom stereocenters. The van der Waals surface area contributed by atoms with E-state index < -0.39 is 0 Å². The average Bonchev–Trinajstić information content (AvgIpc) is 3.13. The van der Waals surface area contributed by atoms with Gasteiger partial charge < -0.3 is 15.1 Å². The van der Waals surface area contributed by atoms with Crippen LogP contribution in [0, 0.1) is 0 Å². The lowest BCUT2D eigenvalue weighted by Gasteiger charge is -2.27. The van der Waals surface area contributed by atoms with E-state index in [-0.39, 0.29) is 5.91 Å². The van der Waals surface area contributed by atoms with Crippen molar-refractivity contribution in [2.24, 2.45) is 0 Å². The van der Waals surface area contributed by atoms with Gasteiger partial charge in [-0.3, -0.25) is 4.79 Å². The van der Waals surface area contributed by atoms with Crippen LogP contribution in [-0.4, -0.2) is 55.0 Å². The molecule has 110 valence electrons. The van der Waals surface area contributed by atoms with Gasteiger partial charge in [-0.05, 0) is 49.4 Å². The van der Waals surface area contributed by atoms with E-state index in [0.717, 1.165) is 32.6 Å². The summed E-state index contributed by atoms with van der Waals surface area (Å²) >= 11 is 1.82. The third kappa shape index (κ3) is 3.40. The van der Waals surface area contributed by atoms with E-state index in [4.69, 9.17) is 0 Å². The van der Waals surface area contributed by atoms with E-state index >= 15 is 0 Å². The highest BCUT2D eigenvalue weighted by Gasteiger charge is 2.21. The summed E-state index contributed by atoms with van der Waals surface area (Å²) in [5.41, 5.74) is 1.34. The van der Waals surface area contributed by atoms with E-state index in [0.29, 0.717) is 6.54 Å². The quantitative estimate of drug-likeness (QED) is 0.832. The summed E-state index contributed by atoms with van der Waals surface area (Å²) in [6.07, 6.45) is 3.68.